The van der Waals surface area contributed by atoms with Gasteiger partial charge in [0.25, 0.3) is 0 Å². The molecule has 1 aromatic carbocycles. The minimum Gasteiger partial charge on any atom is -0.207 e. The van der Waals surface area contributed by atoms with E-state index in [1.807, 2.05) is 13.0 Å². The zero-order chi connectivity index (χ0) is 19.8. The van der Waals surface area contributed by atoms with Gasteiger partial charge in [-0.1, -0.05) is 76.2 Å². The molecule has 0 radical (unpaired) electrons. The van der Waals surface area contributed by atoms with E-state index in [1.54, 1.807) is 11.6 Å². The maximum Gasteiger partial charge on any atom is 0.126 e. The summed E-state index contributed by atoms with van der Waals surface area (Å²) in [7, 11) is 0. The van der Waals surface area contributed by atoms with E-state index in [4.69, 9.17) is 0 Å². The molecule has 28 heavy (non-hydrogen) atoms. The van der Waals surface area contributed by atoms with Crippen molar-refractivity contribution in [1.82, 2.24) is 0 Å². The van der Waals surface area contributed by atoms with Gasteiger partial charge in [-0.25, -0.2) is 4.39 Å². The van der Waals surface area contributed by atoms with Crippen molar-refractivity contribution >= 4 is 0 Å². The number of halogens is 1. The van der Waals surface area contributed by atoms with Crippen LogP contribution in [-0.2, 0) is 12.8 Å². The van der Waals surface area contributed by atoms with Crippen molar-refractivity contribution in [3.8, 4) is 0 Å². The van der Waals surface area contributed by atoms with Gasteiger partial charge >= 0.3 is 0 Å². The van der Waals surface area contributed by atoms with Crippen LogP contribution in [0.4, 0.5) is 4.39 Å². The van der Waals surface area contributed by atoms with Gasteiger partial charge in [0.2, 0.25) is 0 Å². The number of aryl methyl sites for hydroxylation is 2. The van der Waals surface area contributed by atoms with Gasteiger partial charge in [-0.3, -0.25) is 0 Å². The van der Waals surface area contributed by atoms with Gasteiger partial charge in [0, 0.05) is 0 Å². The molecule has 0 bridgehead atoms. The summed E-state index contributed by atoms with van der Waals surface area (Å²) in [6.45, 7) is 4.32. The Morgan fingerprint density at radius 2 is 1.75 bits per heavy atom. The Kier molecular flexibility index (Phi) is 8.62. The highest BCUT2D eigenvalue weighted by Gasteiger charge is 2.28. The third-order valence-electron chi connectivity index (χ3n) is 7.55. The van der Waals surface area contributed by atoms with Gasteiger partial charge in [-0.05, 0) is 86.3 Å². The van der Waals surface area contributed by atoms with Crippen LogP contribution in [0.3, 0.4) is 0 Å². The molecule has 0 spiro atoms. The molecule has 1 saturated carbocycles. The van der Waals surface area contributed by atoms with E-state index in [2.05, 4.69) is 19.1 Å². The molecule has 1 fully saturated rings. The van der Waals surface area contributed by atoms with E-state index >= 15 is 0 Å². The molecule has 0 N–H and O–H groups in total. The Hall–Kier alpha value is -1.11. The van der Waals surface area contributed by atoms with E-state index in [9.17, 15) is 4.39 Å². The van der Waals surface area contributed by atoms with E-state index in [1.165, 1.54) is 70.6 Å². The SMILES string of the molecule is CCCCCC1CCC(C2CC=C(CCc3ccc(CC)c(F)c3)CC2)CC1. The first-order valence-corrected chi connectivity index (χ1v) is 12.1. The van der Waals surface area contributed by atoms with Crippen LogP contribution in [0.2, 0.25) is 0 Å². The molecule has 0 aliphatic heterocycles. The third-order valence-corrected chi connectivity index (χ3v) is 7.55. The number of hydrogen-bond acceptors (Lipinski definition) is 0. The molecule has 0 nitrogen and oxygen atoms in total. The minimum atomic E-state index is -0.0250. The van der Waals surface area contributed by atoms with Gasteiger partial charge < -0.3 is 0 Å². The highest BCUT2D eigenvalue weighted by Crippen LogP contribution is 2.41. The predicted octanol–water partition coefficient (Wildman–Crippen LogP) is 8.43. The van der Waals surface area contributed by atoms with Crippen molar-refractivity contribution < 1.29 is 4.39 Å². The van der Waals surface area contributed by atoms with Gasteiger partial charge in [0.15, 0.2) is 0 Å². The average Bonchev–Trinajstić information content (AvgIpc) is 2.73. The summed E-state index contributed by atoms with van der Waals surface area (Å²) >= 11 is 0. The van der Waals surface area contributed by atoms with Crippen molar-refractivity contribution in [1.29, 1.82) is 0 Å². The average molecular weight is 385 g/mol. The second-order valence-corrected chi connectivity index (χ2v) is 9.45. The number of rotatable bonds is 9. The minimum absolute atomic E-state index is 0.0250. The number of hydrogen-bond donors (Lipinski definition) is 0. The molecule has 2 aliphatic carbocycles. The number of unbranched alkanes of at least 4 members (excludes halogenated alkanes) is 2. The molecular weight excluding hydrogens is 343 g/mol. The summed E-state index contributed by atoms with van der Waals surface area (Å²) in [5, 5.41) is 0. The van der Waals surface area contributed by atoms with Crippen LogP contribution < -0.4 is 0 Å². The largest absolute Gasteiger partial charge is 0.207 e. The summed E-state index contributed by atoms with van der Waals surface area (Å²) in [4.78, 5) is 0. The normalized spacial score (nSPS) is 25.5. The van der Waals surface area contributed by atoms with Crippen LogP contribution in [0, 0.1) is 23.6 Å². The zero-order valence-corrected chi connectivity index (χ0v) is 18.3. The fraction of sp³-hybridized carbons (Fsp3) is 0.704. The van der Waals surface area contributed by atoms with Crippen molar-refractivity contribution in [3.63, 3.8) is 0 Å². The molecule has 1 aromatic rings. The molecule has 1 atom stereocenters. The third kappa shape index (κ3) is 6.19. The molecule has 2 aliphatic rings. The molecule has 0 amide bonds. The highest BCUT2D eigenvalue weighted by molar-refractivity contribution is 5.25. The first-order valence-electron chi connectivity index (χ1n) is 12.1. The van der Waals surface area contributed by atoms with E-state index in [-0.39, 0.29) is 5.82 Å². The van der Waals surface area contributed by atoms with Crippen LogP contribution in [0.5, 0.6) is 0 Å². The van der Waals surface area contributed by atoms with E-state index in [0.29, 0.717) is 0 Å². The van der Waals surface area contributed by atoms with E-state index < -0.39 is 0 Å². The molecule has 1 unspecified atom stereocenters. The van der Waals surface area contributed by atoms with Crippen LogP contribution in [-0.4, -0.2) is 0 Å². The second-order valence-electron chi connectivity index (χ2n) is 9.45. The first-order chi connectivity index (χ1) is 13.7. The van der Waals surface area contributed by atoms with Crippen LogP contribution >= 0.6 is 0 Å². The van der Waals surface area contributed by atoms with Crippen molar-refractivity contribution in [2.24, 2.45) is 17.8 Å². The lowest BCUT2D eigenvalue weighted by Gasteiger charge is -2.35. The summed E-state index contributed by atoms with van der Waals surface area (Å²) in [6.07, 6.45) is 21.0. The van der Waals surface area contributed by atoms with Crippen molar-refractivity contribution in [2.45, 2.75) is 104 Å². The fourth-order valence-electron chi connectivity index (χ4n) is 5.53. The summed E-state index contributed by atoms with van der Waals surface area (Å²) in [6, 6.07) is 5.84. The molecule has 0 heterocycles. The van der Waals surface area contributed by atoms with Crippen LogP contribution in [0.15, 0.2) is 29.8 Å². The lowest BCUT2D eigenvalue weighted by molar-refractivity contribution is 0.185. The number of benzene rings is 1. The Morgan fingerprint density at radius 1 is 0.929 bits per heavy atom. The van der Waals surface area contributed by atoms with Crippen molar-refractivity contribution in [2.75, 3.05) is 0 Å². The monoisotopic (exact) mass is 384 g/mol. The Balaban J connectivity index is 1.39. The van der Waals surface area contributed by atoms with Crippen LogP contribution in [0.25, 0.3) is 0 Å². The Morgan fingerprint density at radius 3 is 2.39 bits per heavy atom. The van der Waals surface area contributed by atoms with Gasteiger partial charge in [-0.2, -0.15) is 0 Å². The molecule has 156 valence electrons. The molecule has 0 aromatic heterocycles. The summed E-state index contributed by atoms with van der Waals surface area (Å²) in [5.41, 5.74) is 3.60. The topological polar surface area (TPSA) is 0 Å². The van der Waals surface area contributed by atoms with Crippen LogP contribution in [0.1, 0.15) is 102 Å². The predicted molar refractivity (Wildman–Crippen MR) is 119 cm³/mol. The maximum atomic E-state index is 14.0. The highest BCUT2D eigenvalue weighted by atomic mass is 19.1. The quantitative estimate of drug-likeness (QED) is 0.296. The molecule has 3 rings (SSSR count). The Bertz CT molecular complexity index is 621. The summed E-state index contributed by atoms with van der Waals surface area (Å²) in [5.74, 6) is 2.91. The smallest absolute Gasteiger partial charge is 0.126 e. The standard InChI is InChI=1S/C27H41F/c1-3-5-6-7-21-10-16-25(17-11-21)26-18-12-22(13-19-26)8-9-23-14-15-24(4-2)27(28)20-23/h12,14-15,20-21,25-26H,3-11,13,16-19H2,1-2H3. The lowest BCUT2D eigenvalue weighted by atomic mass is 9.70. The lowest BCUT2D eigenvalue weighted by Crippen LogP contribution is -2.23. The van der Waals surface area contributed by atoms with Gasteiger partial charge in [-0.15, -0.1) is 0 Å². The molecule has 1 heteroatoms. The fourth-order valence-corrected chi connectivity index (χ4v) is 5.53. The molecular formula is C27H41F. The van der Waals surface area contributed by atoms with Crippen molar-refractivity contribution in [3.05, 3.63) is 46.8 Å². The summed E-state index contributed by atoms with van der Waals surface area (Å²) < 4.78 is 14.0. The van der Waals surface area contributed by atoms with Gasteiger partial charge in [0.05, 0.1) is 0 Å². The number of allylic oxidation sites excluding steroid dienone is 2. The zero-order valence-electron chi connectivity index (χ0n) is 18.3. The Labute approximate surface area is 173 Å². The van der Waals surface area contributed by atoms with Gasteiger partial charge in [0.1, 0.15) is 5.82 Å². The van der Waals surface area contributed by atoms with E-state index in [0.717, 1.165) is 48.1 Å². The first kappa shape index (κ1) is 21.6. The molecule has 0 saturated heterocycles. The second kappa shape index (κ2) is 11.2. The maximum absolute atomic E-state index is 14.0.